The number of rotatable bonds is 7. The Kier molecular flexibility index (Phi) is 6.34. The van der Waals surface area contributed by atoms with Gasteiger partial charge in [0.25, 0.3) is 0 Å². The van der Waals surface area contributed by atoms with E-state index < -0.39 is 8.07 Å². The summed E-state index contributed by atoms with van der Waals surface area (Å²) < 4.78 is 14.3. The van der Waals surface area contributed by atoms with Crippen molar-refractivity contribution >= 4 is 8.07 Å². The van der Waals surface area contributed by atoms with Crippen LogP contribution in [0.3, 0.4) is 0 Å². The van der Waals surface area contributed by atoms with E-state index in [2.05, 4.69) is 32.9 Å². The Morgan fingerprint density at radius 3 is 2.11 bits per heavy atom. The Morgan fingerprint density at radius 1 is 1.06 bits per heavy atom. The molecule has 100 valence electrons. The van der Waals surface area contributed by atoms with E-state index in [4.69, 9.17) is 0 Å². The third-order valence-electron chi connectivity index (χ3n) is 4.14. The Labute approximate surface area is 112 Å². The van der Waals surface area contributed by atoms with Gasteiger partial charge in [-0.15, -0.1) is 0 Å². The van der Waals surface area contributed by atoms with Crippen molar-refractivity contribution in [3.05, 3.63) is 47.4 Å². The van der Waals surface area contributed by atoms with Gasteiger partial charge in [0.15, 0.2) is 0 Å². The minimum Gasteiger partial charge on any atom is -0.218 e. The third-order valence-corrected chi connectivity index (χ3v) is 9.41. The van der Waals surface area contributed by atoms with Crippen LogP contribution in [-0.4, -0.2) is 8.07 Å². The number of hydrogen-bond donors (Lipinski definition) is 0. The Hall–Kier alpha value is -0.893. The van der Waals surface area contributed by atoms with Crippen molar-refractivity contribution in [1.29, 1.82) is 0 Å². The second kappa shape index (κ2) is 7.52. The molecule has 0 heterocycles. The second-order valence-electron chi connectivity index (χ2n) is 4.92. The molecule has 1 aromatic carbocycles. The summed E-state index contributed by atoms with van der Waals surface area (Å²) in [4.78, 5) is 0. The van der Waals surface area contributed by atoms with Crippen LogP contribution in [0.2, 0.25) is 18.1 Å². The number of halogens is 1. The van der Waals surface area contributed by atoms with Crippen molar-refractivity contribution in [2.45, 2.75) is 51.7 Å². The lowest BCUT2D eigenvalue weighted by Crippen LogP contribution is -2.32. The van der Waals surface area contributed by atoms with Gasteiger partial charge < -0.3 is 0 Å². The van der Waals surface area contributed by atoms with Gasteiger partial charge in [0.05, 0.1) is 5.45 Å². The second-order valence-corrected chi connectivity index (χ2v) is 10.1. The summed E-state index contributed by atoms with van der Waals surface area (Å²) in [6, 6.07) is 13.4. The fourth-order valence-corrected chi connectivity index (χ4v) is 5.57. The SMILES string of the molecule is CC[Si](CC)(CC)C(F)=CCCc1ccccc1. The fourth-order valence-electron chi connectivity index (χ4n) is 2.48. The molecule has 2 heteroatoms. The average Bonchev–Trinajstić information content (AvgIpc) is 2.42. The third kappa shape index (κ3) is 3.81. The number of hydrogen-bond acceptors (Lipinski definition) is 0. The number of allylic oxidation sites excluding steroid dienone is 1. The molecule has 0 bridgehead atoms. The van der Waals surface area contributed by atoms with Gasteiger partial charge in [-0.25, -0.2) is 4.39 Å². The highest BCUT2D eigenvalue weighted by Gasteiger charge is 2.31. The van der Waals surface area contributed by atoms with Crippen molar-refractivity contribution in [1.82, 2.24) is 0 Å². The zero-order valence-electron chi connectivity index (χ0n) is 11.9. The lowest BCUT2D eigenvalue weighted by Gasteiger charge is -2.25. The monoisotopic (exact) mass is 264 g/mol. The van der Waals surface area contributed by atoms with Crippen LogP contribution in [0.15, 0.2) is 41.9 Å². The van der Waals surface area contributed by atoms with Crippen LogP contribution in [0, 0.1) is 0 Å². The van der Waals surface area contributed by atoms with Crippen molar-refractivity contribution in [2.75, 3.05) is 0 Å². The summed E-state index contributed by atoms with van der Waals surface area (Å²) in [5.41, 5.74) is 1.52. The average molecular weight is 264 g/mol. The quantitative estimate of drug-likeness (QED) is 0.569. The van der Waals surface area contributed by atoms with Crippen LogP contribution in [0.4, 0.5) is 4.39 Å². The van der Waals surface area contributed by atoms with Crippen LogP contribution in [0.1, 0.15) is 32.8 Å². The van der Waals surface area contributed by atoms with Gasteiger partial charge in [-0.3, -0.25) is 0 Å². The molecular weight excluding hydrogens is 239 g/mol. The van der Waals surface area contributed by atoms with Crippen molar-refractivity contribution in [3.63, 3.8) is 0 Å². The van der Waals surface area contributed by atoms with Gasteiger partial charge in [-0.05, 0) is 18.4 Å². The van der Waals surface area contributed by atoms with E-state index in [0.717, 1.165) is 31.0 Å². The molecule has 0 aromatic heterocycles. The summed E-state index contributed by atoms with van der Waals surface area (Å²) >= 11 is 0. The minimum absolute atomic E-state index is 0.228. The molecule has 1 rings (SSSR count). The summed E-state index contributed by atoms with van der Waals surface area (Å²) in [7, 11) is -1.76. The first-order chi connectivity index (χ1) is 8.68. The molecule has 0 spiro atoms. The molecule has 0 saturated heterocycles. The van der Waals surface area contributed by atoms with Crippen molar-refractivity contribution in [3.8, 4) is 0 Å². The van der Waals surface area contributed by atoms with Crippen LogP contribution < -0.4 is 0 Å². The molecule has 0 amide bonds. The highest BCUT2D eigenvalue weighted by Crippen LogP contribution is 2.29. The molecule has 0 aliphatic carbocycles. The van der Waals surface area contributed by atoms with Gasteiger partial charge in [-0.2, -0.15) is 0 Å². The molecule has 0 N–H and O–H groups in total. The normalized spacial score (nSPS) is 12.8. The summed E-state index contributed by atoms with van der Waals surface area (Å²) in [6.45, 7) is 6.43. The van der Waals surface area contributed by atoms with E-state index in [9.17, 15) is 4.39 Å². The molecule has 18 heavy (non-hydrogen) atoms. The Morgan fingerprint density at radius 2 is 1.61 bits per heavy atom. The maximum atomic E-state index is 14.3. The predicted octanol–water partition coefficient (Wildman–Crippen LogP) is 5.52. The number of aryl methyl sites for hydroxylation is 1. The van der Waals surface area contributed by atoms with Gasteiger partial charge in [0.1, 0.15) is 8.07 Å². The molecule has 0 unspecified atom stereocenters. The highest BCUT2D eigenvalue weighted by molar-refractivity contribution is 6.85. The summed E-state index contributed by atoms with van der Waals surface area (Å²) in [5, 5.41) is 0. The van der Waals surface area contributed by atoms with Gasteiger partial charge >= 0.3 is 0 Å². The maximum absolute atomic E-state index is 14.3. The predicted molar refractivity (Wildman–Crippen MR) is 81.2 cm³/mol. The minimum atomic E-state index is -1.76. The largest absolute Gasteiger partial charge is 0.218 e. The Balaban J connectivity index is 2.61. The first-order valence-corrected chi connectivity index (χ1v) is 9.70. The van der Waals surface area contributed by atoms with Crippen molar-refractivity contribution < 1.29 is 4.39 Å². The Bertz CT molecular complexity index is 358. The molecule has 0 nitrogen and oxygen atoms in total. The van der Waals surface area contributed by atoms with Gasteiger partial charge in [0.2, 0.25) is 0 Å². The van der Waals surface area contributed by atoms with E-state index >= 15 is 0 Å². The zero-order valence-corrected chi connectivity index (χ0v) is 12.9. The maximum Gasteiger partial charge on any atom is 0.122 e. The molecule has 0 fully saturated rings. The molecular formula is C16H25FSi. The van der Waals surface area contributed by atoms with E-state index in [-0.39, 0.29) is 5.45 Å². The van der Waals surface area contributed by atoms with Crippen LogP contribution in [-0.2, 0) is 6.42 Å². The molecule has 0 atom stereocenters. The fraction of sp³-hybridized carbons (Fsp3) is 0.500. The van der Waals surface area contributed by atoms with Gasteiger partial charge in [-0.1, -0.05) is 75.3 Å². The van der Waals surface area contributed by atoms with Gasteiger partial charge in [0, 0.05) is 0 Å². The molecule has 0 radical (unpaired) electrons. The number of benzene rings is 1. The summed E-state index contributed by atoms with van der Waals surface area (Å²) in [6.07, 6.45) is 3.62. The lowest BCUT2D eigenvalue weighted by atomic mass is 10.1. The molecule has 0 aliphatic heterocycles. The first kappa shape index (κ1) is 15.2. The standard InChI is InChI=1S/C16H25FSi/c1-4-18(5-2,6-3)16(17)14-10-13-15-11-8-7-9-12-15/h7-9,11-12,14H,4-6,10,13H2,1-3H3. The first-order valence-electron chi connectivity index (χ1n) is 7.08. The van der Waals surface area contributed by atoms with E-state index in [0.29, 0.717) is 0 Å². The molecule has 1 aromatic rings. The van der Waals surface area contributed by atoms with Crippen LogP contribution >= 0.6 is 0 Å². The smallest absolute Gasteiger partial charge is 0.122 e. The van der Waals surface area contributed by atoms with Crippen LogP contribution in [0.25, 0.3) is 0 Å². The summed E-state index contributed by atoms with van der Waals surface area (Å²) in [5.74, 6) is 0. The van der Waals surface area contributed by atoms with Crippen molar-refractivity contribution in [2.24, 2.45) is 0 Å². The topological polar surface area (TPSA) is 0 Å². The highest BCUT2D eigenvalue weighted by atomic mass is 28.3. The van der Waals surface area contributed by atoms with E-state index in [1.54, 1.807) is 0 Å². The molecule has 0 aliphatic rings. The van der Waals surface area contributed by atoms with Crippen LogP contribution in [0.5, 0.6) is 0 Å². The van der Waals surface area contributed by atoms with E-state index in [1.807, 2.05) is 24.3 Å². The van der Waals surface area contributed by atoms with E-state index in [1.165, 1.54) is 5.56 Å². The zero-order chi connectivity index (χ0) is 13.4. The lowest BCUT2D eigenvalue weighted by molar-refractivity contribution is 0.667. The molecule has 0 saturated carbocycles.